The number of amides is 3. The molecule has 1 aromatic rings. The molecule has 3 rings (SSSR count). The minimum absolute atomic E-state index is 0.0256. The van der Waals surface area contributed by atoms with Crippen LogP contribution in [0.3, 0.4) is 0 Å². The highest BCUT2D eigenvalue weighted by Gasteiger charge is 2.27. The van der Waals surface area contributed by atoms with Gasteiger partial charge in [-0.25, -0.2) is 4.79 Å². The fourth-order valence-electron chi connectivity index (χ4n) is 3.52. The van der Waals surface area contributed by atoms with Crippen LogP contribution in [0.25, 0.3) is 0 Å². The zero-order valence-corrected chi connectivity index (χ0v) is 15.7. The van der Waals surface area contributed by atoms with Gasteiger partial charge in [0.15, 0.2) is 0 Å². The molecule has 1 aromatic carbocycles. The van der Waals surface area contributed by atoms with Gasteiger partial charge in [-0.2, -0.15) is 0 Å². The van der Waals surface area contributed by atoms with Crippen molar-refractivity contribution in [2.24, 2.45) is 0 Å². The fraction of sp³-hybridized carbons (Fsp3) is 0.579. The van der Waals surface area contributed by atoms with Crippen molar-refractivity contribution in [1.82, 2.24) is 20.0 Å². The molecule has 0 radical (unpaired) electrons. The van der Waals surface area contributed by atoms with E-state index in [0.29, 0.717) is 19.6 Å². The van der Waals surface area contributed by atoms with E-state index in [-0.39, 0.29) is 18.0 Å². The molecule has 142 valence electrons. The maximum absolute atomic E-state index is 12.5. The minimum Gasteiger partial charge on any atom is -0.334 e. The quantitative estimate of drug-likeness (QED) is 0.859. The first kappa shape index (κ1) is 18.7. The van der Waals surface area contributed by atoms with Gasteiger partial charge in [0.2, 0.25) is 5.91 Å². The molecule has 1 N–H and O–H groups in total. The number of urea groups is 1. The number of benzene rings is 1. The van der Waals surface area contributed by atoms with Crippen LogP contribution in [0.15, 0.2) is 30.3 Å². The molecule has 0 aliphatic carbocycles. The first-order valence-corrected chi connectivity index (χ1v) is 9.31. The van der Waals surface area contributed by atoms with Crippen LogP contribution >= 0.6 is 0 Å². The molecular formula is C19H29N5O2. The second kappa shape index (κ2) is 8.51. The molecule has 0 saturated carbocycles. The number of likely N-dealkylation sites (tertiary alicyclic amines) is 1. The van der Waals surface area contributed by atoms with Crippen molar-refractivity contribution in [1.29, 1.82) is 0 Å². The molecule has 0 unspecified atom stereocenters. The Morgan fingerprint density at radius 1 is 1.12 bits per heavy atom. The summed E-state index contributed by atoms with van der Waals surface area (Å²) in [5.74, 6) is 0.0723. The van der Waals surface area contributed by atoms with Crippen LogP contribution in [-0.2, 0) is 4.79 Å². The molecule has 1 atom stereocenters. The Bertz CT molecular complexity index is 616. The molecule has 0 aromatic heterocycles. The van der Waals surface area contributed by atoms with Gasteiger partial charge in [0, 0.05) is 51.5 Å². The highest BCUT2D eigenvalue weighted by Crippen LogP contribution is 2.12. The molecule has 7 nitrogen and oxygen atoms in total. The monoisotopic (exact) mass is 359 g/mol. The standard InChI is InChI=1S/C19H29N5O2/c1-21-9-8-16(14-21)20-19(26)24-12-10-23(11-13-24)15-18(25)22(2)17-6-4-3-5-7-17/h3-7,16H,8-15H2,1-2H3,(H,20,26)/t16-/m1/s1. The van der Waals surface area contributed by atoms with Gasteiger partial charge < -0.3 is 20.0 Å². The fourth-order valence-corrected chi connectivity index (χ4v) is 3.52. The number of nitrogens with one attached hydrogen (secondary N) is 1. The number of carbonyl (C=O) groups excluding carboxylic acids is 2. The summed E-state index contributed by atoms with van der Waals surface area (Å²) in [4.78, 5) is 32.8. The van der Waals surface area contributed by atoms with Gasteiger partial charge in [0.05, 0.1) is 6.54 Å². The SMILES string of the molecule is CN1CC[C@@H](NC(=O)N2CCN(CC(=O)N(C)c3ccccc3)CC2)C1. The van der Waals surface area contributed by atoms with Crippen molar-refractivity contribution in [2.45, 2.75) is 12.5 Å². The summed E-state index contributed by atoms with van der Waals surface area (Å²) in [6.45, 7) is 5.13. The van der Waals surface area contributed by atoms with E-state index in [0.717, 1.165) is 38.3 Å². The normalized spacial score (nSPS) is 21.6. The smallest absolute Gasteiger partial charge is 0.317 e. The molecular weight excluding hydrogens is 330 g/mol. The van der Waals surface area contributed by atoms with Crippen LogP contribution in [0, 0.1) is 0 Å². The van der Waals surface area contributed by atoms with E-state index in [1.165, 1.54) is 0 Å². The molecule has 2 aliphatic rings. The number of anilines is 1. The van der Waals surface area contributed by atoms with Gasteiger partial charge in [-0.15, -0.1) is 0 Å². The van der Waals surface area contributed by atoms with Gasteiger partial charge in [0.25, 0.3) is 0 Å². The summed E-state index contributed by atoms with van der Waals surface area (Å²) in [7, 11) is 3.88. The number of hydrogen-bond acceptors (Lipinski definition) is 4. The van der Waals surface area contributed by atoms with Gasteiger partial charge in [0.1, 0.15) is 0 Å². The molecule has 0 spiro atoms. The molecule has 2 fully saturated rings. The van der Waals surface area contributed by atoms with Gasteiger partial charge in [-0.3, -0.25) is 9.69 Å². The number of carbonyl (C=O) groups is 2. The molecule has 2 heterocycles. The molecule has 7 heteroatoms. The third-order valence-corrected chi connectivity index (χ3v) is 5.25. The van der Waals surface area contributed by atoms with E-state index in [9.17, 15) is 9.59 Å². The van der Waals surface area contributed by atoms with E-state index in [1.54, 1.807) is 11.9 Å². The van der Waals surface area contributed by atoms with Gasteiger partial charge >= 0.3 is 6.03 Å². The Balaban J connectivity index is 1.42. The van der Waals surface area contributed by atoms with Crippen molar-refractivity contribution < 1.29 is 9.59 Å². The number of rotatable bonds is 4. The molecule has 26 heavy (non-hydrogen) atoms. The average Bonchev–Trinajstić information content (AvgIpc) is 3.07. The molecule has 3 amide bonds. The van der Waals surface area contributed by atoms with E-state index in [1.807, 2.05) is 35.2 Å². The lowest BCUT2D eigenvalue weighted by Gasteiger charge is -2.35. The first-order chi connectivity index (χ1) is 12.5. The van der Waals surface area contributed by atoms with Crippen LogP contribution in [0.2, 0.25) is 0 Å². The van der Waals surface area contributed by atoms with Gasteiger partial charge in [-0.05, 0) is 32.1 Å². The van der Waals surface area contributed by atoms with Gasteiger partial charge in [-0.1, -0.05) is 18.2 Å². The summed E-state index contributed by atoms with van der Waals surface area (Å²) < 4.78 is 0. The maximum Gasteiger partial charge on any atom is 0.317 e. The number of nitrogens with zero attached hydrogens (tertiary/aromatic N) is 4. The lowest BCUT2D eigenvalue weighted by atomic mass is 10.2. The van der Waals surface area contributed by atoms with Crippen LogP contribution in [0.4, 0.5) is 10.5 Å². The van der Waals surface area contributed by atoms with E-state index in [4.69, 9.17) is 0 Å². The predicted octanol–water partition coefficient (Wildman–Crippen LogP) is 0.681. The average molecular weight is 359 g/mol. The van der Waals surface area contributed by atoms with E-state index >= 15 is 0 Å². The lowest BCUT2D eigenvalue weighted by Crippen LogP contribution is -2.55. The second-order valence-corrected chi connectivity index (χ2v) is 7.25. The van der Waals surface area contributed by atoms with Crippen molar-refractivity contribution in [3.05, 3.63) is 30.3 Å². The Morgan fingerprint density at radius 2 is 1.81 bits per heavy atom. The van der Waals surface area contributed by atoms with Crippen LogP contribution < -0.4 is 10.2 Å². The van der Waals surface area contributed by atoms with Crippen LogP contribution in [-0.4, -0.2) is 92.6 Å². The Labute approximate surface area is 155 Å². The largest absolute Gasteiger partial charge is 0.334 e. The predicted molar refractivity (Wildman–Crippen MR) is 102 cm³/mol. The summed E-state index contributed by atoms with van der Waals surface area (Å²) in [6, 6.07) is 9.94. The van der Waals surface area contributed by atoms with Crippen molar-refractivity contribution >= 4 is 17.6 Å². The number of piperazine rings is 1. The van der Waals surface area contributed by atoms with Crippen LogP contribution in [0.5, 0.6) is 0 Å². The highest BCUT2D eigenvalue weighted by molar-refractivity contribution is 5.94. The third kappa shape index (κ3) is 4.74. The highest BCUT2D eigenvalue weighted by atomic mass is 16.2. The van der Waals surface area contributed by atoms with E-state index in [2.05, 4.69) is 22.2 Å². The Kier molecular flexibility index (Phi) is 6.11. The van der Waals surface area contributed by atoms with Crippen molar-refractivity contribution in [3.8, 4) is 0 Å². The van der Waals surface area contributed by atoms with E-state index < -0.39 is 0 Å². The number of likely N-dealkylation sites (N-methyl/N-ethyl adjacent to an activating group) is 2. The maximum atomic E-state index is 12.5. The lowest BCUT2D eigenvalue weighted by molar-refractivity contribution is -0.119. The topological polar surface area (TPSA) is 59.1 Å². The zero-order chi connectivity index (χ0) is 18.5. The first-order valence-electron chi connectivity index (χ1n) is 9.31. The summed E-state index contributed by atoms with van der Waals surface area (Å²) >= 11 is 0. The minimum atomic E-state index is 0.0256. The zero-order valence-electron chi connectivity index (χ0n) is 15.7. The second-order valence-electron chi connectivity index (χ2n) is 7.25. The molecule has 2 saturated heterocycles. The molecule has 0 bridgehead atoms. The summed E-state index contributed by atoms with van der Waals surface area (Å²) in [5.41, 5.74) is 0.900. The summed E-state index contributed by atoms with van der Waals surface area (Å²) in [5, 5.41) is 3.13. The van der Waals surface area contributed by atoms with Crippen molar-refractivity contribution in [2.75, 3.05) is 64.8 Å². The Morgan fingerprint density at radius 3 is 2.42 bits per heavy atom. The third-order valence-electron chi connectivity index (χ3n) is 5.25. The van der Waals surface area contributed by atoms with Crippen molar-refractivity contribution in [3.63, 3.8) is 0 Å². The Hall–Kier alpha value is -2.12. The number of para-hydroxylation sites is 1. The number of hydrogen-bond donors (Lipinski definition) is 1. The van der Waals surface area contributed by atoms with Crippen LogP contribution in [0.1, 0.15) is 6.42 Å². The molecule has 2 aliphatic heterocycles. The summed E-state index contributed by atoms with van der Waals surface area (Å²) in [6.07, 6.45) is 1.02.